The number of para-hydroxylation sites is 1. The fourth-order valence-electron chi connectivity index (χ4n) is 4.65. The second-order valence-electron chi connectivity index (χ2n) is 11.0. The smallest absolute Gasteiger partial charge is 0.428 e. The highest BCUT2D eigenvalue weighted by atomic mass is 16.7. The molecule has 0 aliphatic heterocycles. The van der Waals surface area contributed by atoms with Gasteiger partial charge in [-0.3, -0.25) is 0 Å². The van der Waals surface area contributed by atoms with E-state index < -0.39 is 11.8 Å². The highest BCUT2D eigenvalue weighted by Gasteiger charge is 2.20. The number of rotatable bonds is 6. The van der Waals surface area contributed by atoms with Gasteiger partial charge in [0.25, 0.3) is 0 Å². The first-order valence-corrected chi connectivity index (χ1v) is 13.3. The third kappa shape index (κ3) is 6.20. The number of aromatic nitrogens is 2. The lowest BCUT2D eigenvalue weighted by molar-refractivity contribution is 0.0207. The Bertz CT molecular complexity index is 1610. The molecule has 0 atom stereocenters. The quantitative estimate of drug-likeness (QED) is 0.168. The zero-order valence-electron chi connectivity index (χ0n) is 23.2. The molecule has 5 heteroatoms. The average molecular weight is 519 g/mol. The monoisotopic (exact) mass is 518 g/mol. The Kier molecular flexibility index (Phi) is 7.25. The lowest BCUT2D eigenvalue weighted by Gasteiger charge is -2.19. The second kappa shape index (κ2) is 10.8. The van der Waals surface area contributed by atoms with E-state index in [0.717, 1.165) is 40.0 Å². The van der Waals surface area contributed by atoms with E-state index in [9.17, 15) is 4.79 Å². The van der Waals surface area contributed by atoms with Gasteiger partial charge in [0.05, 0.1) is 11.0 Å². The maximum Gasteiger partial charge on any atom is 0.514 e. The van der Waals surface area contributed by atoms with Crippen molar-refractivity contribution in [3.63, 3.8) is 0 Å². The van der Waals surface area contributed by atoms with Crippen LogP contribution < -0.4 is 4.74 Å². The molecule has 0 radical (unpaired) electrons. The third-order valence-electron chi connectivity index (χ3n) is 6.72. The Morgan fingerprint density at radius 3 is 2.21 bits per heavy atom. The van der Waals surface area contributed by atoms with E-state index >= 15 is 0 Å². The summed E-state index contributed by atoms with van der Waals surface area (Å²) in [7, 11) is 0. The average Bonchev–Trinajstić information content (AvgIpc) is 3.20. The van der Waals surface area contributed by atoms with Gasteiger partial charge in [-0.05, 0) is 80.6 Å². The molecule has 0 aliphatic carbocycles. The minimum absolute atomic E-state index is 0.469. The predicted octanol–water partition coefficient (Wildman–Crippen LogP) is 8.27. The van der Waals surface area contributed by atoms with Crippen LogP contribution in [0.5, 0.6) is 5.75 Å². The molecule has 5 rings (SSSR count). The number of aryl methyl sites for hydroxylation is 2. The first kappa shape index (κ1) is 26.2. The van der Waals surface area contributed by atoms with Crippen LogP contribution in [0.25, 0.3) is 22.2 Å². The van der Waals surface area contributed by atoms with Gasteiger partial charge in [0.2, 0.25) is 0 Å². The fraction of sp³-hybridized carbons (Fsp3) is 0.235. The number of nitrogens with zero attached hydrogens (tertiary/aromatic N) is 2. The Labute approximate surface area is 230 Å². The summed E-state index contributed by atoms with van der Waals surface area (Å²) in [6, 6.07) is 30.8. The van der Waals surface area contributed by atoms with Gasteiger partial charge in [0.15, 0.2) is 0 Å². The number of hydrogen-bond acceptors (Lipinski definition) is 4. The standard InChI is InChI=1S/C34H34N2O3/c1-23-19-29-30(20-24(23)2)36(32(35-29)21-25-11-7-6-8-12-25)22-26-15-17-27(18-16-26)28-13-9-10-14-31(28)38-33(37)39-34(3,4)5/h6-20H,21-22H2,1-5H3. The van der Waals surface area contributed by atoms with Crippen molar-refractivity contribution >= 4 is 17.2 Å². The summed E-state index contributed by atoms with van der Waals surface area (Å²) in [6.07, 6.45) is 0.0520. The van der Waals surface area contributed by atoms with E-state index in [0.29, 0.717) is 12.3 Å². The van der Waals surface area contributed by atoms with Gasteiger partial charge in [0, 0.05) is 18.5 Å². The summed E-state index contributed by atoms with van der Waals surface area (Å²) in [5.74, 6) is 1.51. The minimum Gasteiger partial charge on any atom is -0.428 e. The van der Waals surface area contributed by atoms with Gasteiger partial charge in [0.1, 0.15) is 17.2 Å². The van der Waals surface area contributed by atoms with Crippen molar-refractivity contribution in [2.24, 2.45) is 0 Å². The molecule has 0 saturated heterocycles. The Morgan fingerprint density at radius 2 is 1.49 bits per heavy atom. The Morgan fingerprint density at radius 1 is 0.821 bits per heavy atom. The van der Waals surface area contributed by atoms with Gasteiger partial charge in [-0.2, -0.15) is 0 Å². The maximum absolute atomic E-state index is 12.3. The molecular weight excluding hydrogens is 484 g/mol. The highest BCUT2D eigenvalue weighted by Crippen LogP contribution is 2.31. The van der Waals surface area contributed by atoms with E-state index in [1.807, 2.05) is 45.0 Å². The summed E-state index contributed by atoms with van der Waals surface area (Å²) in [6.45, 7) is 10.4. The number of hydrogen-bond donors (Lipinski definition) is 0. The topological polar surface area (TPSA) is 53.4 Å². The van der Waals surface area contributed by atoms with Crippen molar-refractivity contribution in [1.82, 2.24) is 9.55 Å². The van der Waals surface area contributed by atoms with Crippen molar-refractivity contribution in [2.75, 3.05) is 0 Å². The van der Waals surface area contributed by atoms with Crippen LogP contribution in [0.3, 0.4) is 0 Å². The van der Waals surface area contributed by atoms with E-state index in [1.54, 1.807) is 6.07 Å². The molecule has 0 unspecified atom stereocenters. The number of fused-ring (bicyclic) bond motifs is 1. The Hall–Kier alpha value is -4.38. The third-order valence-corrected chi connectivity index (χ3v) is 6.72. The number of carbonyl (C=O) groups excluding carboxylic acids is 1. The minimum atomic E-state index is -0.713. The van der Waals surface area contributed by atoms with E-state index in [1.165, 1.54) is 16.7 Å². The zero-order valence-corrected chi connectivity index (χ0v) is 23.2. The van der Waals surface area contributed by atoms with Crippen LogP contribution in [-0.4, -0.2) is 21.3 Å². The van der Waals surface area contributed by atoms with Crippen molar-refractivity contribution in [3.8, 4) is 16.9 Å². The zero-order chi connectivity index (χ0) is 27.6. The van der Waals surface area contributed by atoms with Crippen LogP contribution in [0.2, 0.25) is 0 Å². The number of carbonyl (C=O) groups is 1. The summed E-state index contributed by atoms with van der Waals surface area (Å²) in [5.41, 5.74) is 8.24. The van der Waals surface area contributed by atoms with Crippen molar-refractivity contribution in [3.05, 3.63) is 119 Å². The molecule has 5 aromatic rings. The van der Waals surface area contributed by atoms with E-state index in [2.05, 4.69) is 79.1 Å². The first-order valence-electron chi connectivity index (χ1n) is 13.3. The lowest BCUT2D eigenvalue weighted by Crippen LogP contribution is -2.26. The molecule has 4 aromatic carbocycles. The van der Waals surface area contributed by atoms with Crippen LogP contribution in [-0.2, 0) is 17.7 Å². The molecule has 39 heavy (non-hydrogen) atoms. The van der Waals surface area contributed by atoms with Crippen LogP contribution in [0.4, 0.5) is 4.79 Å². The van der Waals surface area contributed by atoms with E-state index in [4.69, 9.17) is 14.5 Å². The molecule has 198 valence electrons. The van der Waals surface area contributed by atoms with Gasteiger partial charge >= 0.3 is 6.16 Å². The normalized spacial score (nSPS) is 11.5. The second-order valence-corrected chi connectivity index (χ2v) is 11.0. The number of ether oxygens (including phenoxy) is 2. The molecule has 1 heterocycles. The van der Waals surface area contributed by atoms with Crippen LogP contribution >= 0.6 is 0 Å². The van der Waals surface area contributed by atoms with Gasteiger partial charge in [-0.25, -0.2) is 9.78 Å². The van der Waals surface area contributed by atoms with Crippen LogP contribution in [0.15, 0.2) is 91.0 Å². The number of imidazole rings is 1. The molecule has 5 nitrogen and oxygen atoms in total. The summed E-state index contributed by atoms with van der Waals surface area (Å²) in [4.78, 5) is 17.3. The van der Waals surface area contributed by atoms with Gasteiger partial charge in [-0.1, -0.05) is 72.8 Å². The molecule has 1 aromatic heterocycles. The predicted molar refractivity (Wildman–Crippen MR) is 156 cm³/mol. The summed E-state index contributed by atoms with van der Waals surface area (Å²) < 4.78 is 13.2. The number of benzene rings is 4. The SMILES string of the molecule is Cc1cc2nc(Cc3ccccc3)n(Cc3ccc(-c4ccccc4OC(=O)OC(C)(C)C)cc3)c2cc1C. The molecule has 0 N–H and O–H groups in total. The van der Waals surface area contributed by atoms with Gasteiger partial charge in [-0.15, -0.1) is 0 Å². The maximum atomic E-state index is 12.3. The van der Waals surface area contributed by atoms with Crippen LogP contribution in [0.1, 0.15) is 48.8 Å². The molecule has 0 saturated carbocycles. The lowest BCUT2D eigenvalue weighted by atomic mass is 10.0. The molecule has 0 fully saturated rings. The van der Waals surface area contributed by atoms with Crippen LogP contribution in [0, 0.1) is 13.8 Å². The van der Waals surface area contributed by atoms with Crippen molar-refractivity contribution < 1.29 is 14.3 Å². The van der Waals surface area contributed by atoms with E-state index in [-0.39, 0.29) is 0 Å². The molecule has 0 spiro atoms. The van der Waals surface area contributed by atoms with Crippen molar-refractivity contribution in [1.29, 1.82) is 0 Å². The van der Waals surface area contributed by atoms with Crippen molar-refractivity contribution in [2.45, 2.75) is 53.2 Å². The van der Waals surface area contributed by atoms with Gasteiger partial charge < -0.3 is 14.0 Å². The fourth-order valence-corrected chi connectivity index (χ4v) is 4.65. The largest absolute Gasteiger partial charge is 0.514 e. The highest BCUT2D eigenvalue weighted by molar-refractivity contribution is 5.78. The first-order chi connectivity index (χ1) is 18.7. The molecular formula is C34H34N2O3. The summed E-state index contributed by atoms with van der Waals surface area (Å²) >= 11 is 0. The molecule has 0 amide bonds. The molecule has 0 aliphatic rings. The summed E-state index contributed by atoms with van der Waals surface area (Å²) in [5, 5.41) is 0. The molecule has 0 bridgehead atoms. The Balaban J connectivity index is 1.44.